The lowest BCUT2D eigenvalue weighted by Crippen LogP contribution is -2.50. The number of cyclic esters (lactones) is 1. The maximum atomic E-state index is 11.6. The van der Waals surface area contributed by atoms with Crippen LogP contribution in [0.3, 0.4) is 0 Å². The number of aliphatic carboxylic acids is 1. The van der Waals surface area contributed by atoms with Gasteiger partial charge in [-0.15, -0.1) is 0 Å². The van der Waals surface area contributed by atoms with Crippen LogP contribution in [0.4, 0.5) is 4.79 Å². The number of hydrogen-bond acceptors (Lipinski definition) is 4. The van der Waals surface area contributed by atoms with Gasteiger partial charge in [0.05, 0.1) is 0 Å². The smallest absolute Gasteiger partial charge is 0.410 e. The molecule has 1 N–H and O–H groups in total. The average Bonchev–Trinajstić information content (AvgIpc) is 2.72. The van der Waals surface area contributed by atoms with Crippen LogP contribution in [0.5, 0.6) is 0 Å². The summed E-state index contributed by atoms with van der Waals surface area (Å²) in [7, 11) is 0. The second-order valence-corrected chi connectivity index (χ2v) is 4.86. The molecule has 0 bridgehead atoms. The Kier molecular flexibility index (Phi) is 4.06. The van der Waals surface area contributed by atoms with Gasteiger partial charge in [0.2, 0.25) is 0 Å². The number of carbonyl (C=O) groups excluding carboxylic acids is 1. The molecule has 1 amide bonds. The van der Waals surface area contributed by atoms with Crippen LogP contribution < -0.4 is 0 Å². The molecule has 0 spiro atoms. The molecule has 6 heteroatoms. The van der Waals surface area contributed by atoms with Crippen LogP contribution >= 0.6 is 0 Å². The van der Waals surface area contributed by atoms with E-state index in [1.165, 1.54) is 11.3 Å². The fraction of sp³-hybridized carbons (Fsp3) is 0.833. The maximum Gasteiger partial charge on any atom is 0.410 e. The number of carboxylic acid groups (broad SMARTS) is 1. The molecule has 0 saturated carbocycles. The molecule has 2 heterocycles. The number of ether oxygens (including phenoxy) is 1. The van der Waals surface area contributed by atoms with E-state index in [1.54, 1.807) is 0 Å². The van der Waals surface area contributed by atoms with Crippen molar-refractivity contribution in [2.24, 2.45) is 0 Å². The summed E-state index contributed by atoms with van der Waals surface area (Å²) in [4.78, 5) is 26.3. The fourth-order valence-electron chi connectivity index (χ4n) is 2.77. The standard InChI is InChI=1S/C12H20N2O4/c1-2-13-6-4-3-5-9(13)7-14-10(11(15)16)8-18-12(14)17/h9-10H,2-8H2,1H3,(H,15,16). The summed E-state index contributed by atoms with van der Waals surface area (Å²) in [5.41, 5.74) is 0. The van der Waals surface area contributed by atoms with Gasteiger partial charge in [-0.1, -0.05) is 13.3 Å². The molecule has 2 fully saturated rings. The largest absolute Gasteiger partial charge is 0.480 e. The quantitative estimate of drug-likeness (QED) is 0.804. The normalized spacial score (nSPS) is 29.4. The van der Waals surface area contributed by atoms with Crippen LogP contribution in [-0.4, -0.2) is 65.3 Å². The number of likely N-dealkylation sites (tertiary alicyclic amines) is 1. The number of carbonyl (C=O) groups is 2. The predicted molar refractivity (Wildman–Crippen MR) is 64.4 cm³/mol. The monoisotopic (exact) mass is 256 g/mol. The van der Waals surface area contributed by atoms with Gasteiger partial charge in [0.15, 0.2) is 6.04 Å². The third-order valence-corrected chi connectivity index (χ3v) is 3.82. The highest BCUT2D eigenvalue weighted by atomic mass is 16.6. The minimum absolute atomic E-state index is 0.0347. The van der Waals surface area contributed by atoms with E-state index < -0.39 is 18.1 Å². The van der Waals surface area contributed by atoms with Crippen molar-refractivity contribution in [3.8, 4) is 0 Å². The van der Waals surface area contributed by atoms with Crippen molar-refractivity contribution in [3.05, 3.63) is 0 Å². The molecule has 2 atom stereocenters. The van der Waals surface area contributed by atoms with Crippen LogP contribution in [0.2, 0.25) is 0 Å². The highest BCUT2D eigenvalue weighted by Crippen LogP contribution is 2.21. The lowest BCUT2D eigenvalue weighted by molar-refractivity contribution is -0.141. The topological polar surface area (TPSA) is 70.1 Å². The molecule has 2 rings (SSSR count). The molecule has 102 valence electrons. The summed E-state index contributed by atoms with van der Waals surface area (Å²) in [5, 5.41) is 9.07. The highest BCUT2D eigenvalue weighted by Gasteiger charge is 2.40. The van der Waals surface area contributed by atoms with Crippen LogP contribution in [0, 0.1) is 0 Å². The Morgan fingerprint density at radius 1 is 1.50 bits per heavy atom. The molecule has 0 radical (unpaired) electrons. The summed E-state index contributed by atoms with van der Waals surface area (Å²) in [6, 6.07) is -0.561. The molecule has 0 aliphatic carbocycles. The lowest BCUT2D eigenvalue weighted by atomic mass is 10.0. The second-order valence-electron chi connectivity index (χ2n) is 4.86. The second kappa shape index (κ2) is 5.56. The zero-order chi connectivity index (χ0) is 13.1. The van der Waals surface area contributed by atoms with Gasteiger partial charge >= 0.3 is 12.1 Å². The Balaban J connectivity index is 2.01. The van der Waals surface area contributed by atoms with Gasteiger partial charge < -0.3 is 9.84 Å². The third-order valence-electron chi connectivity index (χ3n) is 3.82. The van der Waals surface area contributed by atoms with Gasteiger partial charge in [-0.05, 0) is 25.9 Å². The molecule has 2 aliphatic heterocycles. The zero-order valence-corrected chi connectivity index (χ0v) is 10.7. The molecule has 2 saturated heterocycles. The summed E-state index contributed by atoms with van der Waals surface area (Å²) < 4.78 is 4.84. The van der Waals surface area contributed by atoms with E-state index in [4.69, 9.17) is 9.84 Å². The number of rotatable bonds is 4. The van der Waals surface area contributed by atoms with E-state index in [-0.39, 0.29) is 12.6 Å². The summed E-state index contributed by atoms with van der Waals surface area (Å²) in [6.45, 7) is 4.49. The van der Waals surface area contributed by atoms with Crippen LogP contribution in [0.15, 0.2) is 0 Å². The van der Waals surface area contributed by atoms with Gasteiger partial charge in [-0.3, -0.25) is 9.80 Å². The van der Waals surface area contributed by atoms with Crippen molar-refractivity contribution < 1.29 is 19.4 Å². The lowest BCUT2D eigenvalue weighted by Gasteiger charge is -2.37. The molecule has 0 aromatic rings. The van der Waals surface area contributed by atoms with Gasteiger partial charge in [0, 0.05) is 12.6 Å². The SMILES string of the molecule is CCN1CCCCC1CN1C(=O)OCC1C(=O)O. The van der Waals surface area contributed by atoms with Gasteiger partial charge in [-0.25, -0.2) is 9.59 Å². The summed E-state index contributed by atoms with van der Waals surface area (Å²) in [5.74, 6) is -0.986. The zero-order valence-electron chi connectivity index (χ0n) is 10.7. The van der Waals surface area contributed by atoms with E-state index in [0.717, 1.165) is 25.9 Å². The Hall–Kier alpha value is -1.30. The Labute approximate surface area is 106 Å². The molecule has 0 aromatic carbocycles. The van der Waals surface area contributed by atoms with Crippen molar-refractivity contribution in [1.82, 2.24) is 9.80 Å². The molecule has 2 unspecified atom stereocenters. The molecule has 6 nitrogen and oxygen atoms in total. The summed E-state index contributed by atoms with van der Waals surface area (Å²) >= 11 is 0. The van der Waals surface area contributed by atoms with Crippen molar-refractivity contribution >= 4 is 12.1 Å². The number of nitrogens with zero attached hydrogens (tertiary/aromatic N) is 2. The van der Waals surface area contributed by atoms with Crippen molar-refractivity contribution in [3.63, 3.8) is 0 Å². The van der Waals surface area contributed by atoms with Crippen LogP contribution in [0.1, 0.15) is 26.2 Å². The first-order valence-corrected chi connectivity index (χ1v) is 6.53. The molecule has 2 aliphatic rings. The number of likely N-dealkylation sites (N-methyl/N-ethyl adjacent to an activating group) is 1. The van der Waals surface area contributed by atoms with E-state index in [2.05, 4.69) is 11.8 Å². The fourth-order valence-corrected chi connectivity index (χ4v) is 2.77. The van der Waals surface area contributed by atoms with E-state index in [1.807, 2.05) is 0 Å². The molecule has 18 heavy (non-hydrogen) atoms. The van der Waals surface area contributed by atoms with Crippen LogP contribution in [-0.2, 0) is 9.53 Å². The first kappa shape index (κ1) is 13.1. The molecule has 0 aromatic heterocycles. The molecular weight excluding hydrogens is 236 g/mol. The van der Waals surface area contributed by atoms with Gasteiger partial charge in [0.25, 0.3) is 0 Å². The van der Waals surface area contributed by atoms with E-state index in [0.29, 0.717) is 6.54 Å². The average molecular weight is 256 g/mol. The Morgan fingerprint density at radius 2 is 2.28 bits per heavy atom. The van der Waals surface area contributed by atoms with Crippen molar-refractivity contribution in [1.29, 1.82) is 0 Å². The van der Waals surface area contributed by atoms with E-state index in [9.17, 15) is 9.59 Å². The molecular formula is C12H20N2O4. The third kappa shape index (κ3) is 2.58. The first-order valence-electron chi connectivity index (χ1n) is 6.53. The number of amides is 1. The number of carboxylic acids is 1. The minimum Gasteiger partial charge on any atom is -0.480 e. The van der Waals surface area contributed by atoms with Gasteiger partial charge in [-0.2, -0.15) is 0 Å². The predicted octanol–water partition coefficient (Wildman–Crippen LogP) is 0.766. The van der Waals surface area contributed by atoms with Crippen molar-refractivity contribution in [2.45, 2.75) is 38.3 Å². The summed E-state index contributed by atoms with van der Waals surface area (Å²) in [6.07, 6.45) is 2.84. The van der Waals surface area contributed by atoms with Crippen LogP contribution in [0.25, 0.3) is 0 Å². The number of piperidine rings is 1. The van der Waals surface area contributed by atoms with E-state index >= 15 is 0 Å². The highest BCUT2D eigenvalue weighted by molar-refractivity contribution is 5.82. The Bertz CT molecular complexity index is 334. The minimum atomic E-state index is -0.986. The number of hydrogen-bond donors (Lipinski definition) is 1. The van der Waals surface area contributed by atoms with Crippen molar-refractivity contribution in [2.75, 3.05) is 26.2 Å². The maximum absolute atomic E-state index is 11.6. The van der Waals surface area contributed by atoms with Gasteiger partial charge in [0.1, 0.15) is 6.61 Å². The first-order chi connectivity index (χ1) is 8.63. The Morgan fingerprint density at radius 3 is 2.94 bits per heavy atom.